The van der Waals surface area contributed by atoms with Gasteiger partial charge in [-0.3, -0.25) is 9.59 Å². The molecule has 2 amide bonds. The quantitative estimate of drug-likeness (QED) is 0.591. The van der Waals surface area contributed by atoms with Crippen molar-refractivity contribution in [1.82, 2.24) is 10.6 Å². The summed E-state index contributed by atoms with van der Waals surface area (Å²) in [6.07, 6.45) is 4.48. The van der Waals surface area contributed by atoms with Crippen LogP contribution >= 0.6 is 11.3 Å². The maximum absolute atomic E-state index is 13.8. The monoisotopic (exact) mass is 440 g/mol. The molecule has 160 valence electrons. The fourth-order valence-corrected chi connectivity index (χ4v) is 4.65. The number of hydrogen-bond acceptors (Lipinski definition) is 3. The van der Waals surface area contributed by atoms with E-state index in [2.05, 4.69) is 22.8 Å². The minimum absolute atomic E-state index is 0.307. The van der Waals surface area contributed by atoms with E-state index in [4.69, 9.17) is 0 Å². The summed E-state index contributed by atoms with van der Waals surface area (Å²) in [5.41, 5.74) is 3.37. The number of aryl methyl sites for hydroxylation is 2. The summed E-state index contributed by atoms with van der Waals surface area (Å²) in [6.45, 7) is -0.317. The average Bonchev–Trinajstić information content (AvgIpc) is 3.30. The van der Waals surface area contributed by atoms with Gasteiger partial charge >= 0.3 is 0 Å². The molecule has 0 saturated carbocycles. The lowest BCUT2D eigenvalue weighted by Crippen LogP contribution is -2.39. The van der Waals surface area contributed by atoms with Crippen LogP contribution in [0, 0.1) is 11.6 Å². The largest absolute Gasteiger partial charge is 0.343 e. The van der Waals surface area contributed by atoms with Crippen molar-refractivity contribution in [3.63, 3.8) is 0 Å². The third-order valence-electron chi connectivity index (χ3n) is 5.42. The minimum Gasteiger partial charge on any atom is -0.343 e. The molecule has 31 heavy (non-hydrogen) atoms. The van der Waals surface area contributed by atoms with Crippen molar-refractivity contribution in [2.24, 2.45) is 0 Å². The van der Waals surface area contributed by atoms with E-state index in [0.717, 1.165) is 35.4 Å². The zero-order chi connectivity index (χ0) is 21.8. The average molecular weight is 441 g/mol. The van der Waals surface area contributed by atoms with Crippen molar-refractivity contribution < 1.29 is 18.4 Å². The summed E-state index contributed by atoms with van der Waals surface area (Å²) in [6, 6.07) is 12.6. The Balaban J connectivity index is 1.46. The molecule has 1 unspecified atom stereocenters. The van der Waals surface area contributed by atoms with Gasteiger partial charge in [0.25, 0.3) is 5.91 Å². The van der Waals surface area contributed by atoms with E-state index in [0.29, 0.717) is 6.07 Å². The van der Waals surface area contributed by atoms with E-state index < -0.39 is 23.4 Å². The SMILES string of the molecule is O=C(CNC(=O)c1ccc(F)cc1F)NC(c1ccc2c(c1)CCCC2)c1cccs1. The van der Waals surface area contributed by atoms with Crippen LogP contribution < -0.4 is 10.6 Å². The second kappa shape index (κ2) is 9.39. The van der Waals surface area contributed by atoms with Crippen LogP contribution in [0.2, 0.25) is 0 Å². The molecule has 2 N–H and O–H groups in total. The predicted molar refractivity (Wildman–Crippen MR) is 116 cm³/mol. The molecule has 3 aromatic rings. The van der Waals surface area contributed by atoms with E-state index in [1.165, 1.54) is 24.0 Å². The smallest absolute Gasteiger partial charge is 0.254 e. The van der Waals surface area contributed by atoms with Crippen LogP contribution in [0.25, 0.3) is 0 Å². The number of fused-ring (bicyclic) bond motifs is 1. The van der Waals surface area contributed by atoms with Crippen LogP contribution in [0.4, 0.5) is 8.78 Å². The van der Waals surface area contributed by atoms with E-state index in [1.807, 2.05) is 23.6 Å². The van der Waals surface area contributed by atoms with Gasteiger partial charge in [-0.25, -0.2) is 8.78 Å². The molecule has 1 aliphatic carbocycles. The second-order valence-corrected chi connectivity index (χ2v) is 8.54. The predicted octanol–water partition coefficient (Wildman–Crippen LogP) is 4.54. The summed E-state index contributed by atoms with van der Waals surface area (Å²) in [5, 5.41) is 7.33. The molecule has 0 saturated heterocycles. The molecule has 0 radical (unpaired) electrons. The lowest BCUT2D eigenvalue weighted by molar-refractivity contribution is -0.120. The van der Waals surface area contributed by atoms with Gasteiger partial charge in [-0.15, -0.1) is 11.3 Å². The minimum atomic E-state index is -0.969. The van der Waals surface area contributed by atoms with Gasteiger partial charge in [0.15, 0.2) is 0 Å². The fourth-order valence-electron chi connectivity index (χ4n) is 3.85. The van der Waals surface area contributed by atoms with Crippen molar-refractivity contribution in [2.75, 3.05) is 6.54 Å². The van der Waals surface area contributed by atoms with Gasteiger partial charge in [0, 0.05) is 10.9 Å². The second-order valence-electron chi connectivity index (χ2n) is 7.56. The Morgan fingerprint density at radius 2 is 1.81 bits per heavy atom. The van der Waals surface area contributed by atoms with Gasteiger partial charge in [0.05, 0.1) is 18.2 Å². The Hall–Kier alpha value is -3.06. The van der Waals surface area contributed by atoms with Crippen molar-refractivity contribution in [3.8, 4) is 0 Å². The van der Waals surface area contributed by atoms with Gasteiger partial charge in [0.2, 0.25) is 5.91 Å². The van der Waals surface area contributed by atoms with Crippen LogP contribution in [0.15, 0.2) is 53.9 Å². The highest BCUT2D eigenvalue weighted by molar-refractivity contribution is 7.10. The highest BCUT2D eigenvalue weighted by Gasteiger charge is 2.21. The van der Waals surface area contributed by atoms with Crippen molar-refractivity contribution in [3.05, 3.63) is 92.7 Å². The lowest BCUT2D eigenvalue weighted by Gasteiger charge is -2.22. The van der Waals surface area contributed by atoms with Crippen molar-refractivity contribution in [1.29, 1.82) is 0 Å². The van der Waals surface area contributed by atoms with Crippen molar-refractivity contribution >= 4 is 23.2 Å². The Morgan fingerprint density at radius 3 is 2.55 bits per heavy atom. The Labute approximate surface area is 183 Å². The number of nitrogens with one attached hydrogen (secondary N) is 2. The molecule has 1 heterocycles. The number of halogens is 2. The molecule has 4 nitrogen and oxygen atoms in total. The van der Waals surface area contributed by atoms with Crippen LogP contribution in [-0.4, -0.2) is 18.4 Å². The van der Waals surface area contributed by atoms with Crippen LogP contribution in [0.5, 0.6) is 0 Å². The first-order valence-electron chi connectivity index (χ1n) is 10.2. The molecule has 1 atom stereocenters. The molecule has 4 rings (SSSR count). The fraction of sp³-hybridized carbons (Fsp3) is 0.250. The molecular weight excluding hydrogens is 418 g/mol. The number of thiophene rings is 1. The standard InChI is InChI=1S/C24H22F2N2O2S/c25-18-9-10-19(20(26)13-18)24(30)27-14-22(29)28-23(21-6-3-11-31-21)17-8-7-15-4-1-2-5-16(15)12-17/h3,6-13,23H,1-2,4-5,14H2,(H,27,30)(H,28,29). The van der Waals surface area contributed by atoms with Crippen LogP contribution in [-0.2, 0) is 17.6 Å². The number of carbonyl (C=O) groups excluding carboxylic acids is 2. The molecule has 0 spiro atoms. The first-order chi connectivity index (χ1) is 15.0. The van der Waals surface area contributed by atoms with Gasteiger partial charge in [-0.05, 0) is 66.0 Å². The molecular formula is C24H22F2N2O2S. The maximum Gasteiger partial charge on any atom is 0.254 e. The molecule has 1 aromatic heterocycles. The Kier molecular flexibility index (Phi) is 6.42. The molecule has 0 bridgehead atoms. The zero-order valence-corrected chi connectivity index (χ0v) is 17.6. The number of benzene rings is 2. The first-order valence-corrected chi connectivity index (χ1v) is 11.1. The Morgan fingerprint density at radius 1 is 1.00 bits per heavy atom. The molecule has 0 aliphatic heterocycles. The van der Waals surface area contributed by atoms with E-state index in [9.17, 15) is 18.4 Å². The van der Waals surface area contributed by atoms with E-state index >= 15 is 0 Å². The van der Waals surface area contributed by atoms with Gasteiger partial charge in [0.1, 0.15) is 11.6 Å². The van der Waals surface area contributed by atoms with Crippen LogP contribution in [0.3, 0.4) is 0 Å². The lowest BCUT2D eigenvalue weighted by atomic mass is 9.89. The van der Waals surface area contributed by atoms with E-state index in [-0.39, 0.29) is 18.2 Å². The normalized spacial score (nSPS) is 13.9. The van der Waals surface area contributed by atoms with Gasteiger partial charge < -0.3 is 10.6 Å². The van der Waals surface area contributed by atoms with Gasteiger partial charge in [-0.2, -0.15) is 0 Å². The summed E-state index contributed by atoms with van der Waals surface area (Å²) < 4.78 is 26.8. The molecule has 1 aliphatic rings. The highest BCUT2D eigenvalue weighted by atomic mass is 32.1. The third kappa shape index (κ3) is 4.99. The first kappa shape index (κ1) is 21.2. The van der Waals surface area contributed by atoms with Crippen LogP contribution in [0.1, 0.15) is 50.8 Å². The summed E-state index contributed by atoms with van der Waals surface area (Å²) in [7, 11) is 0. The molecule has 7 heteroatoms. The molecule has 0 fully saturated rings. The number of hydrogen-bond donors (Lipinski definition) is 2. The zero-order valence-electron chi connectivity index (χ0n) is 16.8. The number of carbonyl (C=O) groups is 2. The number of amides is 2. The van der Waals surface area contributed by atoms with E-state index in [1.54, 1.807) is 11.3 Å². The van der Waals surface area contributed by atoms with Crippen molar-refractivity contribution in [2.45, 2.75) is 31.7 Å². The van der Waals surface area contributed by atoms with Gasteiger partial charge in [-0.1, -0.05) is 24.3 Å². The Bertz CT molecular complexity index is 1100. The third-order valence-corrected chi connectivity index (χ3v) is 6.36. The maximum atomic E-state index is 13.8. The summed E-state index contributed by atoms with van der Waals surface area (Å²) in [4.78, 5) is 25.8. The highest BCUT2D eigenvalue weighted by Crippen LogP contribution is 2.30. The summed E-state index contributed by atoms with van der Waals surface area (Å²) >= 11 is 1.54. The topological polar surface area (TPSA) is 58.2 Å². The molecule has 2 aromatic carbocycles. The number of rotatable bonds is 6. The summed E-state index contributed by atoms with van der Waals surface area (Å²) in [5.74, 6) is -2.90.